The van der Waals surface area contributed by atoms with Crippen molar-refractivity contribution in [2.75, 3.05) is 26.2 Å². The summed E-state index contributed by atoms with van der Waals surface area (Å²) in [5.41, 5.74) is 2.36. The molecule has 3 aromatic rings. The van der Waals surface area contributed by atoms with Crippen LogP contribution in [-0.2, 0) is 4.79 Å². The number of aromatic nitrogens is 3. The molecular weight excluding hydrogens is 523 g/mol. The van der Waals surface area contributed by atoms with E-state index in [1.165, 1.54) is 12.1 Å². The Morgan fingerprint density at radius 1 is 1.15 bits per heavy atom. The summed E-state index contributed by atoms with van der Waals surface area (Å²) in [7, 11) is 0. The Kier molecular flexibility index (Phi) is 9.21. The van der Waals surface area contributed by atoms with Crippen LogP contribution in [0.15, 0.2) is 73.6 Å². The second-order valence-corrected chi connectivity index (χ2v) is 10.9. The number of carbonyl (C=O) groups excluding carboxylic acids is 2. The van der Waals surface area contributed by atoms with Gasteiger partial charge in [0.05, 0.1) is 24.2 Å². The zero-order chi connectivity index (χ0) is 28.8. The summed E-state index contributed by atoms with van der Waals surface area (Å²) in [6.45, 7) is 6.33. The lowest BCUT2D eigenvalue weighted by Gasteiger charge is -2.33. The van der Waals surface area contributed by atoms with E-state index < -0.39 is 12.1 Å². The Morgan fingerprint density at radius 2 is 1.88 bits per heavy atom. The Morgan fingerprint density at radius 3 is 2.54 bits per heavy atom. The summed E-state index contributed by atoms with van der Waals surface area (Å²) in [5.74, 6) is -0.309. The molecule has 1 unspecified atom stereocenters. The predicted molar refractivity (Wildman–Crippen MR) is 153 cm³/mol. The van der Waals surface area contributed by atoms with Crippen molar-refractivity contribution in [2.45, 2.75) is 56.2 Å². The standard InChI is InChI=1S/C31H37FN6O3/c1-2-16-36(29-21-27(29)22-5-9-24(32)10-6-22)17-3-4-28(31(41)37-18-13-26(39)14-19-37)34-30(40)23-7-11-25(12-8-23)38-20-15-33-35-38/h2,5-12,15,20,26-29,39H,1,3-4,13-14,16-19,21H2,(H,34,40)/t27-,28-,29?/m0/s1. The summed E-state index contributed by atoms with van der Waals surface area (Å²) >= 11 is 0. The predicted octanol–water partition coefficient (Wildman–Crippen LogP) is 3.31. The highest BCUT2D eigenvalue weighted by atomic mass is 19.1. The zero-order valence-corrected chi connectivity index (χ0v) is 23.1. The van der Waals surface area contributed by atoms with Crippen molar-refractivity contribution >= 4 is 11.8 Å². The van der Waals surface area contributed by atoms with E-state index in [1.54, 1.807) is 46.2 Å². The Hall–Kier alpha value is -3.89. The Balaban J connectivity index is 1.22. The van der Waals surface area contributed by atoms with E-state index in [-0.39, 0.29) is 17.6 Å². The number of halogens is 1. The SMILES string of the molecule is C=CCN(CCC[C@H](NC(=O)c1ccc(-n2ccnn2)cc1)C(=O)N1CCC(O)CC1)C1C[C@H]1c1ccc(F)cc1. The molecule has 1 aliphatic carbocycles. The van der Waals surface area contributed by atoms with Gasteiger partial charge in [-0.3, -0.25) is 14.5 Å². The van der Waals surface area contributed by atoms with Crippen LogP contribution in [0.25, 0.3) is 5.69 Å². The van der Waals surface area contributed by atoms with Crippen LogP contribution >= 0.6 is 0 Å². The molecule has 1 aliphatic heterocycles. The molecule has 0 radical (unpaired) electrons. The van der Waals surface area contributed by atoms with Gasteiger partial charge in [0.1, 0.15) is 11.9 Å². The van der Waals surface area contributed by atoms with Gasteiger partial charge in [0.2, 0.25) is 5.91 Å². The number of likely N-dealkylation sites (tertiary alicyclic amines) is 1. The summed E-state index contributed by atoms with van der Waals surface area (Å²) in [4.78, 5) is 30.9. The molecule has 5 rings (SSSR count). The fourth-order valence-corrected chi connectivity index (χ4v) is 5.63. The number of piperidine rings is 1. The number of rotatable bonds is 12. The van der Waals surface area contributed by atoms with E-state index in [2.05, 4.69) is 27.1 Å². The van der Waals surface area contributed by atoms with Gasteiger partial charge in [-0.15, -0.1) is 11.7 Å². The van der Waals surface area contributed by atoms with E-state index in [9.17, 15) is 19.1 Å². The van der Waals surface area contributed by atoms with Crippen LogP contribution in [0.2, 0.25) is 0 Å². The van der Waals surface area contributed by atoms with Gasteiger partial charge in [-0.1, -0.05) is 23.4 Å². The molecular formula is C31H37FN6O3. The highest BCUT2D eigenvalue weighted by Gasteiger charge is 2.42. The highest BCUT2D eigenvalue weighted by Crippen LogP contribution is 2.44. The van der Waals surface area contributed by atoms with Gasteiger partial charge in [0.25, 0.3) is 5.91 Å². The van der Waals surface area contributed by atoms with Crippen LogP contribution in [0, 0.1) is 5.82 Å². The van der Waals surface area contributed by atoms with Crippen LogP contribution < -0.4 is 5.32 Å². The quantitative estimate of drug-likeness (QED) is 0.330. The number of carbonyl (C=O) groups is 2. The first-order valence-corrected chi connectivity index (χ1v) is 14.3. The fraction of sp³-hybridized carbons (Fsp3) is 0.419. The third kappa shape index (κ3) is 7.25. The maximum Gasteiger partial charge on any atom is 0.251 e. The fourth-order valence-electron chi connectivity index (χ4n) is 5.63. The first kappa shape index (κ1) is 28.6. The first-order chi connectivity index (χ1) is 19.9. The molecule has 3 atom stereocenters. The third-order valence-corrected chi connectivity index (χ3v) is 8.02. The van der Waals surface area contributed by atoms with Crippen LogP contribution in [0.3, 0.4) is 0 Å². The van der Waals surface area contributed by atoms with Gasteiger partial charge < -0.3 is 15.3 Å². The van der Waals surface area contributed by atoms with Gasteiger partial charge in [-0.2, -0.15) is 0 Å². The Labute approximate surface area is 239 Å². The maximum atomic E-state index is 13.5. The van der Waals surface area contributed by atoms with Crippen LogP contribution in [0.1, 0.15) is 53.9 Å². The third-order valence-electron chi connectivity index (χ3n) is 8.02. The van der Waals surface area contributed by atoms with Gasteiger partial charge in [-0.05, 0) is 80.6 Å². The monoisotopic (exact) mass is 560 g/mol. The van der Waals surface area contributed by atoms with Gasteiger partial charge in [0, 0.05) is 37.2 Å². The van der Waals surface area contributed by atoms with E-state index in [0.29, 0.717) is 56.3 Å². The molecule has 9 nitrogen and oxygen atoms in total. The van der Waals surface area contributed by atoms with Crippen molar-refractivity contribution in [1.29, 1.82) is 0 Å². The molecule has 0 bridgehead atoms. The maximum absolute atomic E-state index is 13.5. The lowest BCUT2D eigenvalue weighted by molar-refractivity contribution is -0.135. The molecule has 1 saturated heterocycles. The molecule has 2 aliphatic rings. The largest absolute Gasteiger partial charge is 0.393 e. The van der Waals surface area contributed by atoms with Crippen molar-refractivity contribution in [3.05, 3.63) is 90.5 Å². The van der Waals surface area contributed by atoms with E-state index in [1.807, 2.05) is 18.2 Å². The average molecular weight is 561 g/mol. The number of nitrogens with one attached hydrogen (secondary N) is 1. The number of amides is 2. The summed E-state index contributed by atoms with van der Waals surface area (Å²) in [6, 6.07) is 13.4. The minimum atomic E-state index is -0.676. The molecule has 10 heteroatoms. The number of benzene rings is 2. The van der Waals surface area contributed by atoms with E-state index >= 15 is 0 Å². The molecule has 41 heavy (non-hydrogen) atoms. The minimum Gasteiger partial charge on any atom is -0.393 e. The van der Waals surface area contributed by atoms with Crippen molar-refractivity contribution in [1.82, 2.24) is 30.1 Å². The average Bonchev–Trinajstić information content (AvgIpc) is 3.59. The minimum absolute atomic E-state index is 0.115. The lowest BCUT2D eigenvalue weighted by atomic mass is 10.0. The van der Waals surface area contributed by atoms with Crippen LogP contribution in [0.4, 0.5) is 4.39 Å². The number of hydrogen-bond donors (Lipinski definition) is 2. The molecule has 2 heterocycles. The summed E-state index contributed by atoms with van der Waals surface area (Å²) in [5, 5.41) is 20.7. The first-order valence-electron chi connectivity index (χ1n) is 14.3. The highest BCUT2D eigenvalue weighted by molar-refractivity contribution is 5.97. The smallest absolute Gasteiger partial charge is 0.251 e. The Bertz CT molecular complexity index is 1310. The normalized spacial score (nSPS) is 19.6. The number of aliphatic hydroxyl groups excluding tert-OH is 1. The van der Waals surface area contributed by atoms with Crippen LogP contribution in [0.5, 0.6) is 0 Å². The molecule has 1 aromatic heterocycles. The topological polar surface area (TPSA) is 104 Å². The van der Waals surface area contributed by atoms with Gasteiger partial charge in [-0.25, -0.2) is 9.07 Å². The molecule has 216 valence electrons. The van der Waals surface area contributed by atoms with Gasteiger partial charge >= 0.3 is 0 Å². The lowest BCUT2D eigenvalue weighted by Crippen LogP contribution is -2.51. The zero-order valence-electron chi connectivity index (χ0n) is 23.1. The van der Waals surface area contributed by atoms with E-state index in [4.69, 9.17) is 0 Å². The summed E-state index contributed by atoms with van der Waals surface area (Å²) < 4.78 is 15.0. The van der Waals surface area contributed by atoms with Crippen molar-refractivity contribution < 1.29 is 19.1 Å². The second-order valence-electron chi connectivity index (χ2n) is 10.9. The molecule has 2 aromatic carbocycles. The molecule has 2 amide bonds. The van der Waals surface area contributed by atoms with Crippen LogP contribution in [-0.4, -0.2) is 86.1 Å². The summed E-state index contributed by atoms with van der Waals surface area (Å²) in [6.07, 6.45) is 8.06. The van der Waals surface area contributed by atoms with Crippen molar-refractivity contribution in [3.8, 4) is 5.69 Å². The molecule has 0 spiro atoms. The number of aliphatic hydroxyl groups is 1. The molecule has 2 N–H and O–H groups in total. The molecule has 2 fully saturated rings. The van der Waals surface area contributed by atoms with E-state index in [0.717, 1.165) is 30.8 Å². The molecule has 1 saturated carbocycles. The van der Waals surface area contributed by atoms with Gasteiger partial charge in [0.15, 0.2) is 0 Å². The van der Waals surface area contributed by atoms with Crippen molar-refractivity contribution in [3.63, 3.8) is 0 Å². The second kappa shape index (κ2) is 13.2. The number of hydrogen-bond acceptors (Lipinski definition) is 6. The number of nitrogens with zero attached hydrogens (tertiary/aromatic N) is 5. The van der Waals surface area contributed by atoms with Crippen molar-refractivity contribution in [2.24, 2.45) is 0 Å².